The summed E-state index contributed by atoms with van der Waals surface area (Å²) in [5.74, 6) is -0.341. The van der Waals surface area contributed by atoms with Crippen LogP contribution < -0.4 is 10.6 Å². The van der Waals surface area contributed by atoms with Gasteiger partial charge in [0.2, 0.25) is 0 Å². The van der Waals surface area contributed by atoms with Gasteiger partial charge in [-0.25, -0.2) is 4.98 Å². The third-order valence-electron chi connectivity index (χ3n) is 4.85. The Morgan fingerprint density at radius 3 is 2.89 bits per heavy atom. The van der Waals surface area contributed by atoms with Crippen LogP contribution >= 0.6 is 0 Å². The lowest BCUT2D eigenvalue weighted by molar-refractivity contribution is 0.0947. The highest BCUT2D eigenvalue weighted by Crippen LogP contribution is 2.22. The first-order valence-corrected chi connectivity index (χ1v) is 9.83. The third kappa shape index (κ3) is 4.39. The van der Waals surface area contributed by atoms with Gasteiger partial charge in [-0.1, -0.05) is 25.8 Å². The Hall–Kier alpha value is -3.14. The van der Waals surface area contributed by atoms with E-state index in [2.05, 4.69) is 28.6 Å². The molecule has 1 aliphatic heterocycles. The lowest BCUT2D eigenvalue weighted by Gasteiger charge is -2.17. The van der Waals surface area contributed by atoms with Gasteiger partial charge in [-0.15, -0.1) is 0 Å². The molecule has 0 unspecified atom stereocenters. The van der Waals surface area contributed by atoms with Gasteiger partial charge in [-0.3, -0.25) is 9.59 Å². The third-order valence-corrected chi connectivity index (χ3v) is 4.85. The van der Waals surface area contributed by atoms with Crippen LogP contribution in [0.15, 0.2) is 24.3 Å². The summed E-state index contributed by atoms with van der Waals surface area (Å²) in [6, 6.07) is 8.77. The summed E-state index contributed by atoms with van der Waals surface area (Å²) in [5.41, 5.74) is 2.18. The number of hydrogen-bond donors (Lipinski definition) is 2. The van der Waals surface area contributed by atoms with E-state index in [1.165, 1.54) is 0 Å². The van der Waals surface area contributed by atoms with E-state index in [1.807, 2.05) is 4.57 Å². The molecule has 1 aromatic carbocycles. The normalized spacial score (nSPS) is 12.7. The monoisotopic (exact) mass is 379 g/mol. The number of nitrogens with one attached hydrogen (secondary N) is 2. The minimum atomic E-state index is -0.372. The van der Waals surface area contributed by atoms with E-state index in [0.717, 1.165) is 44.2 Å². The number of benzene rings is 1. The van der Waals surface area contributed by atoms with Crippen molar-refractivity contribution in [2.45, 2.75) is 52.0 Å². The van der Waals surface area contributed by atoms with Gasteiger partial charge >= 0.3 is 0 Å². The van der Waals surface area contributed by atoms with E-state index >= 15 is 0 Å². The maximum absolute atomic E-state index is 12.8. The molecule has 7 heteroatoms. The summed E-state index contributed by atoms with van der Waals surface area (Å²) in [5, 5.41) is 14.7. The van der Waals surface area contributed by atoms with E-state index in [4.69, 9.17) is 5.26 Å². The van der Waals surface area contributed by atoms with Gasteiger partial charge in [0, 0.05) is 18.8 Å². The number of amides is 2. The number of unbranched alkanes of at least 4 members (excludes halogenated alkanes) is 2. The quantitative estimate of drug-likeness (QED) is 0.721. The van der Waals surface area contributed by atoms with E-state index in [0.29, 0.717) is 30.0 Å². The molecule has 3 rings (SSSR count). The smallest absolute Gasteiger partial charge is 0.291 e. The highest BCUT2D eigenvalue weighted by Gasteiger charge is 2.27. The van der Waals surface area contributed by atoms with Gasteiger partial charge < -0.3 is 15.2 Å². The Morgan fingerprint density at radius 1 is 1.25 bits per heavy atom. The Morgan fingerprint density at radius 2 is 2.11 bits per heavy atom. The highest BCUT2D eigenvalue weighted by atomic mass is 16.2. The minimum absolute atomic E-state index is 0.215. The Bertz CT molecular complexity index is 910. The first-order valence-electron chi connectivity index (χ1n) is 9.83. The van der Waals surface area contributed by atoms with Gasteiger partial charge in [0.05, 0.1) is 17.3 Å². The molecule has 0 saturated carbocycles. The maximum Gasteiger partial charge on any atom is 0.291 e. The maximum atomic E-state index is 12.8. The highest BCUT2D eigenvalue weighted by molar-refractivity contribution is 6.03. The number of nitrogens with zero attached hydrogens (tertiary/aromatic N) is 3. The van der Waals surface area contributed by atoms with Crippen LogP contribution in [0.25, 0.3) is 0 Å². The Balaban J connectivity index is 1.80. The number of carbonyl (C=O) groups is 2. The lowest BCUT2D eigenvalue weighted by atomic mass is 10.1. The van der Waals surface area contributed by atoms with Crippen molar-refractivity contribution < 1.29 is 9.59 Å². The molecule has 0 radical (unpaired) electrons. The fourth-order valence-corrected chi connectivity index (χ4v) is 3.41. The van der Waals surface area contributed by atoms with Crippen LogP contribution in [0.5, 0.6) is 0 Å². The Kier molecular flexibility index (Phi) is 6.43. The fraction of sp³-hybridized carbons (Fsp3) is 0.429. The second kappa shape index (κ2) is 9.18. The van der Waals surface area contributed by atoms with E-state index < -0.39 is 0 Å². The molecule has 0 fully saturated rings. The van der Waals surface area contributed by atoms with Crippen molar-refractivity contribution in [3.63, 3.8) is 0 Å². The van der Waals surface area contributed by atoms with Gasteiger partial charge in [0.1, 0.15) is 5.69 Å². The van der Waals surface area contributed by atoms with Crippen LogP contribution in [-0.4, -0.2) is 27.9 Å². The van der Waals surface area contributed by atoms with E-state index in [1.54, 1.807) is 24.3 Å². The predicted molar refractivity (Wildman–Crippen MR) is 106 cm³/mol. The summed E-state index contributed by atoms with van der Waals surface area (Å²) in [7, 11) is 0. The molecular formula is C21H25N5O2. The topological polar surface area (TPSA) is 99.8 Å². The molecule has 2 aromatic rings. The van der Waals surface area contributed by atoms with Crippen LogP contribution in [0.3, 0.4) is 0 Å². The number of aromatic nitrogens is 2. The molecule has 0 saturated heterocycles. The summed E-state index contributed by atoms with van der Waals surface area (Å²) >= 11 is 0. The summed E-state index contributed by atoms with van der Waals surface area (Å²) < 4.78 is 1.86. The summed E-state index contributed by atoms with van der Waals surface area (Å²) in [4.78, 5) is 29.8. The molecule has 0 spiro atoms. The summed E-state index contributed by atoms with van der Waals surface area (Å²) in [6.07, 6.45) is 5.75. The zero-order valence-electron chi connectivity index (χ0n) is 16.1. The standard InChI is InChI=1S/C21H25N5O2/c1-2-3-5-11-23-20(27)18-17-10-4-6-12-26(17)19(25-18)21(28)24-16-9-7-8-15(13-16)14-22/h7-9,13H,2-6,10-12H2,1H3,(H,23,27)(H,24,28). The molecule has 2 amide bonds. The van der Waals surface area contributed by atoms with Crippen molar-refractivity contribution in [3.05, 3.63) is 47.0 Å². The molecule has 1 aliphatic rings. The molecule has 2 N–H and O–H groups in total. The van der Waals surface area contributed by atoms with E-state index in [-0.39, 0.29) is 17.6 Å². The molecule has 7 nitrogen and oxygen atoms in total. The van der Waals surface area contributed by atoms with Crippen LogP contribution in [0.4, 0.5) is 5.69 Å². The second-order valence-corrected chi connectivity index (χ2v) is 6.95. The largest absolute Gasteiger partial charge is 0.351 e. The van der Waals surface area contributed by atoms with E-state index in [9.17, 15) is 9.59 Å². The zero-order valence-corrected chi connectivity index (χ0v) is 16.1. The number of imidazole rings is 1. The average Bonchev–Trinajstić information content (AvgIpc) is 3.11. The predicted octanol–water partition coefficient (Wildman–Crippen LogP) is 3.26. The van der Waals surface area contributed by atoms with Gasteiger partial charge in [0.25, 0.3) is 11.8 Å². The first-order chi connectivity index (χ1) is 13.6. The molecule has 146 valence electrons. The lowest BCUT2D eigenvalue weighted by Crippen LogP contribution is -2.26. The number of rotatable bonds is 7. The number of fused-ring (bicyclic) bond motifs is 1. The van der Waals surface area contributed by atoms with Crippen molar-refractivity contribution in [3.8, 4) is 6.07 Å². The molecule has 2 heterocycles. The number of anilines is 1. The Labute approximate surface area is 164 Å². The number of nitriles is 1. The zero-order chi connectivity index (χ0) is 19.9. The van der Waals surface area contributed by atoms with Crippen molar-refractivity contribution in [2.24, 2.45) is 0 Å². The molecule has 28 heavy (non-hydrogen) atoms. The van der Waals surface area contributed by atoms with Gasteiger partial charge in [0.15, 0.2) is 5.82 Å². The second-order valence-electron chi connectivity index (χ2n) is 6.95. The minimum Gasteiger partial charge on any atom is -0.351 e. The van der Waals surface area contributed by atoms with Crippen molar-refractivity contribution >= 4 is 17.5 Å². The molecule has 0 bridgehead atoms. The van der Waals surface area contributed by atoms with Crippen molar-refractivity contribution in [1.82, 2.24) is 14.9 Å². The van der Waals surface area contributed by atoms with Crippen LogP contribution in [0.1, 0.15) is 71.4 Å². The average molecular weight is 379 g/mol. The van der Waals surface area contributed by atoms with Crippen LogP contribution in [0, 0.1) is 11.3 Å². The van der Waals surface area contributed by atoms with Crippen LogP contribution in [0.2, 0.25) is 0 Å². The first kappa shape index (κ1) is 19.6. The fourth-order valence-electron chi connectivity index (χ4n) is 3.41. The van der Waals surface area contributed by atoms with Crippen molar-refractivity contribution in [2.75, 3.05) is 11.9 Å². The molecule has 0 atom stereocenters. The number of hydrogen-bond acceptors (Lipinski definition) is 4. The van der Waals surface area contributed by atoms with Gasteiger partial charge in [-0.2, -0.15) is 5.26 Å². The molecular weight excluding hydrogens is 354 g/mol. The van der Waals surface area contributed by atoms with Crippen molar-refractivity contribution in [1.29, 1.82) is 5.26 Å². The van der Waals surface area contributed by atoms with Gasteiger partial charge in [-0.05, 0) is 43.9 Å². The van der Waals surface area contributed by atoms with Crippen LogP contribution in [-0.2, 0) is 13.0 Å². The molecule has 1 aromatic heterocycles. The summed E-state index contributed by atoms with van der Waals surface area (Å²) in [6.45, 7) is 3.40. The SMILES string of the molecule is CCCCCNC(=O)c1nc(C(=O)Nc2cccc(C#N)c2)n2c1CCCC2. The molecule has 0 aliphatic carbocycles. The number of carbonyl (C=O) groups excluding carboxylic acids is 2.